The predicted molar refractivity (Wildman–Crippen MR) is 83.0 cm³/mol. The Morgan fingerprint density at radius 2 is 1.55 bits per heavy atom. The van der Waals surface area contributed by atoms with E-state index in [1.54, 1.807) is 6.08 Å². The van der Waals surface area contributed by atoms with Gasteiger partial charge in [0.15, 0.2) is 0 Å². The standard InChI is InChI=1S/C16H24N2O4/c19-15-7-5-3-1-2-4-6-8-16(20)18-10-12-22-14-13-21-11-9-17-15/h1,3H,5-14H2,(H,17,19)(H,18,20)/b3-1+. The maximum Gasteiger partial charge on any atom is 0.221 e. The second kappa shape index (κ2) is 12.9. The highest BCUT2D eigenvalue weighted by molar-refractivity contribution is 5.76. The van der Waals surface area contributed by atoms with Gasteiger partial charge < -0.3 is 20.1 Å². The van der Waals surface area contributed by atoms with Crippen LogP contribution in [0.5, 0.6) is 0 Å². The van der Waals surface area contributed by atoms with Crippen LogP contribution in [0.4, 0.5) is 0 Å². The van der Waals surface area contributed by atoms with Gasteiger partial charge in [0.05, 0.1) is 26.4 Å². The second-order valence-electron chi connectivity index (χ2n) is 4.69. The van der Waals surface area contributed by atoms with Crippen molar-refractivity contribution in [2.75, 3.05) is 39.5 Å². The minimum absolute atomic E-state index is 0.00327. The second-order valence-corrected chi connectivity index (χ2v) is 4.69. The fourth-order valence-electron chi connectivity index (χ4n) is 1.69. The summed E-state index contributed by atoms with van der Waals surface area (Å²) in [4.78, 5) is 23.0. The molecule has 0 aromatic heterocycles. The maximum absolute atomic E-state index is 11.5. The zero-order chi connectivity index (χ0) is 15.9. The smallest absolute Gasteiger partial charge is 0.221 e. The number of hydrogen-bond acceptors (Lipinski definition) is 4. The molecule has 0 bridgehead atoms. The van der Waals surface area contributed by atoms with Crippen molar-refractivity contribution < 1.29 is 19.1 Å². The Kier molecular flexibility index (Phi) is 10.7. The average Bonchev–Trinajstić information content (AvgIpc) is 2.50. The van der Waals surface area contributed by atoms with Crippen LogP contribution < -0.4 is 10.6 Å². The highest BCUT2D eigenvalue weighted by atomic mass is 16.5. The Morgan fingerprint density at radius 1 is 0.909 bits per heavy atom. The summed E-state index contributed by atoms with van der Waals surface area (Å²) in [5.74, 6) is 5.74. The molecule has 0 fully saturated rings. The van der Waals surface area contributed by atoms with Crippen LogP contribution in [-0.4, -0.2) is 51.3 Å². The number of amides is 2. The molecule has 0 unspecified atom stereocenters. The van der Waals surface area contributed by atoms with Crippen LogP contribution in [0.2, 0.25) is 0 Å². The van der Waals surface area contributed by atoms with Crippen molar-refractivity contribution in [2.45, 2.75) is 25.7 Å². The number of carbonyl (C=O) groups excluding carboxylic acids is 2. The molecule has 0 saturated heterocycles. The van der Waals surface area contributed by atoms with Gasteiger partial charge in [-0.2, -0.15) is 0 Å². The molecule has 122 valence electrons. The number of allylic oxidation sites excluding steroid dienone is 2. The highest BCUT2D eigenvalue weighted by Gasteiger charge is 2.00. The average molecular weight is 308 g/mol. The molecule has 1 aliphatic heterocycles. The molecular weight excluding hydrogens is 284 g/mol. The van der Waals surface area contributed by atoms with E-state index in [2.05, 4.69) is 22.5 Å². The first-order chi connectivity index (χ1) is 10.8. The van der Waals surface area contributed by atoms with E-state index >= 15 is 0 Å². The highest BCUT2D eigenvalue weighted by Crippen LogP contribution is 1.92. The fourth-order valence-corrected chi connectivity index (χ4v) is 1.69. The molecule has 2 amide bonds. The van der Waals surface area contributed by atoms with E-state index in [9.17, 15) is 9.59 Å². The molecule has 0 spiro atoms. The summed E-state index contributed by atoms with van der Waals surface area (Å²) in [5, 5.41) is 5.56. The zero-order valence-electron chi connectivity index (χ0n) is 12.9. The predicted octanol–water partition coefficient (Wildman–Crippen LogP) is 0.386. The summed E-state index contributed by atoms with van der Waals surface area (Å²) in [6.07, 6.45) is 5.57. The van der Waals surface area contributed by atoms with Crippen LogP contribution in [0.3, 0.4) is 0 Å². The van der Waals surface area contributed by atoms with Crippen LogP contribution in [0.1, 0.15) is 25.7 Å². The van der Waals surface area contributed by atoms with E-state index < -0.39 is 0 Å². The third kappa shape index (κ3) is 10.9. The first-order valence-electron chi connectivity index (χ1n) is 7.61. The van der Waals surface area contributed by atoms with E-state index in [1.165, 1.54) is 0 Å². The van der Waals surface area contributed by atoms with Crippen LogP contribution >= 0.6 is 0 Å². The summed E-state index contributed by atoms with van der Waals surface area (Å²) in [7, 11) is 0. The molecule has 1 heterocycles. The summed E-state index contributed by atoms with van der Waals surface area (Å²) in [5.41, 5.74) is 0. The van der Waals surface area contributed by atoms with Crippen molar-refractivity contribution in [2.24, 2.45) is 0 Å². The SMILES string of the molecule is O=C1CCC#C/C=C/CCC(=O)NCCOCCOCCN1. The van der Waals surface area contributed by atoms with Gasteiger partial charge in [-0.25, -0.2) is 0 Å². The van der Waals surface area contributed by atoms with Gasteiger partial charge in [-0.15, -0.1) is 0 Å². The summed E-state index contributed by atoms with van der Waals surface area (Å²) in [6, 6.07) is 0. The van der Waals surface area contributed by atoms with Crippen LogP contribution in [-0.2, 0) is 19.1 Å². The molecule has 6 nitrogen and oxygen atoms in total. The molecule has 1 aliphatic rings. The van der Waals surface area contributed by atoms with E-state index in [0.717, 1.165) is 0 Å². The Labute approximate surface area is 131 Å². The molecule has 0 saturated carbocycles. The van der Waals surface area contributed by atoms with Crippen LogP contribution in [0.15, 0.2) is 12.2 Å². The van der Waals surface area contributed by atoms with Gasteiger partial charge in [0.1, 0.15) is 0 Å². The molecule has 0 aliphatic carbocycles. The third-order valence-corrected chi connectivity index (χ3v) is 2.83. The number of hydrogen-bond donors (Lipinski definition) is 2. The lowest BCUT2D eigenvalue weighted by Crippen LogP contribution is -2.28. The molecule has 2 N–H and O–H groups in total. The van der Waals surface area contributed by atoms with Crippen molar-refractivity contribution in [3.63, 3.8) is 0 Å². The Balaban J connectivity index is 2.33. The molecule has 6 heteroatoms. The molecule has 0 atom stereocenters. The minimum atomic E-state index is -0.0239. The van der Waals surface area contributed by atoms with Crippen molar-refractivity contribution in [1.29, 1.82) is 0 Å². The van der Waals surface area contributed by atoms with Crippen LogP contribution in [0, 0.1) is 11.8 Å². The van der Waals surface area contributed by atoms with Gasteiger partial charge in [0, 0.05) is 32.4 Å². The van der Waals surface area contributed by atoms with Gasteiger partial charge in [-0.05, 0) is 12.5 Å². The summed E-state index contributed by atoms with van der Waals surface area (Å²) < 4.78 is 10.6. The van der Waals surface area contributed by atoms with E-state index in [1.807, 2.05) is 6.08 Å². The Hall–Kier alpha value is -1.84. The third-order valence-electron chi connectivity index (χ3n) is 2.83. The minimum Gasteiger partial charge on any atom is -0.377 e. The summed E-state index contributed by atoms with van der Waals surface area (Å²) in [6.45, 7) is 2.86. The topological polar surface area (TPSA) is 76.7 Å². The number of nitrogens with one attached hydrogen (secondary N) is 2. The van der Waals surface area contributed by atoms with Gasteiger partial charge >= 0.3 is 0 Å². The van der Waals surface area contributed by atoms with E-state index in [4.69, 9.17) is 9.47 Å². The monoisotopic (exact) mass is 308 g/mol. The van der Waals surface area contributed by atoms with E-state index in [-0.39, 0.29) is 11.8 Å². The molecule has 0 aromatic rings. The maximum atomic E-state index is 11.5. The Morgan fingerprint density at radius 3 is 2.23 bits per heavy atom. The number of rotatable bonds is 0. The van der Waals surface area contributed by atoms with Gasteiger partial charge in [-0.1, -0.05) is 17.9 Å². The number of ether oxygens (including phenoxy) is 2. The van der Waals surface area contributed by atoms with Crippen molar-refractivity contribution in [3.8, 4) is 11.8 Å². The lowest BCUT2D eigenvalue weighted by Gasteiger charge is -2.08. The van der Waals surface area contributed by atoms with E-state index in [0.29, 0.717) is 65.2 Å². The molecule has 1 rings (SSSR count). The molecule has 0 aromatic carbocycles. The Bertz CT molecular complexity index is 424. The van der Waals surface area contributed by atoms with Crippen molar-refractivity contribution in [3.05, 3.63) is 12.2 Å². The summed E-state index contributed by atoms with van der Waals surface area (Å²) >= 11 is 0. The lowest BCUT2D eigenvalue weighted by atomic mass is 10.2. The number of carbonyl (C=O) groups is 2. The van der Waals surface area contributed by atoms with Gasteiger partial charge in [-0.3, -0.25) is 9.59 Å². The first-order valence-corrected chi connectivity index (χ1v) is 7.61. The van der Waals surface area contributed by atoms with Crippen molar-refractivity contribution in [1.82, 2.24) is 10.6 Å². The van der Waals surface area contributed by atoms with Gasteiger partial charge in [0.2, 0.25) is 11.8 Å². The van der Waals surface area contributed by atoms with Gasteiger partial charge in [0.25, 0.3) is 0 Å². The largest absolute Gasteiger partial charge is 0.377 e. The normalized spacial score (nSPS) is 21.6. The lowest BCUT2D eigenvalue weighted by molar-refractivity contribution is -0.122. The fraction of sp³-hybridized carbons (Fsp3) is 0.625. The quantitative estimate of drug-likeness (QED) is 0.635. The molecule has 22 heavy (non-hydrogen) atoms. The first kappa shape index (κ1) is 18.2. The van der Waals surface area contributed by atoms with Crippen molar-refractivity contribution >= 4 is 11.8 Å². The molecule has 0 radical (unpaired) electrons. The zero-order valence-corrected chi connectivity index (χ0v) is 12.9. The van der Waals surface area contributed by atoms with Crippen LogP contribution in [0.25, 0.3) is 0 Å². The molecular formula is C16H24N2O4.